The molecule has 1 aliphatic carbocycles. The maximum atomic E-state index is 5.51. The van der Waals surface area contributed by atoms with Crippen molar-refractivity contribution in [3.63, 3.8) is 0 Å². The van der Waals surface area contributed by atoms with E-state index in [1.54, 1.807) is 7.11 Å². The van der Waals surface area contributed by atoms with Crippen LogP contribution in [0, 0.1) is 0 Å². The summed E-state index contributed by atoms with van der Waals surface area (Å²) in [7, 11) is 1.71. The third-order valence-electron chi connectivity index (χ3n) is 3.91. The van der Waals surface area contributed by atoms with E-state index in [4.69, 9.17) is 10.6 Å². The lowest BCUT2D eigenvalue weighted by molar-refractivity contribution is 0.204. The minimum Gasteiger partial charge on any atom is -0.383 e. The van der Waals surface area contributed by atoms with Crippen LogP contribution < -0.4 is 21.1 Å². The first kappa shape index (κ1) is 14.3. The summed E-state index contributed by atoms with van der Waals surface area (Å²) in [6, 6.07) is 0.514. The minimum absolute atomic E-state index is 0.421. The van der Waals surface area contributed by atoms with Gasteiger partial charge in [0.05, 0.1) is 6.61 Å². The Hall–Kier alpha value is -1.67. The van der Waals surface area contributed by atoms with E-state index in [0.717, 1.165) is 19.6 Å². The lowest BCUT2D eigenvalue weighted by Crippen LogP contribution is -2.33. The third kappa shape index (κ3) is 3.33. The van der Waals surface area contributed by atoms with Crippen LogP contribution in [-0.4, -0.2) is 54.3 Å². The van der Waals surface area contributed by atoms with Gasteiger partial charge in [-0.25, -0.2) is 5.84 Å². The predicted octanol–water partition coefficient (Wildman–Crippen LogP) is 0.373. The molecule has 2 heterocycles. The van der Waals surface area contributed by atoms with Crippen molar-refractivity contribution < 1.29 is 4.74 Å². The first-order valence-electron chi connectivity index (χ1n) is 7.55. The van der Waals surface area contributed by atoms with Crippen molar-refractivity contribution in [1.82, 2.24) is 15.0 Å². The van der Waals surface area contributed by atoms with Gasteiger partial charge in [0, 0.05) is 32.8 Å². The van der Waals surface area contributed by atoms with Gasteiger partial charge in [-0.15, -0.1) is 0 Å². The zero-order chi connectivity index (χ0) is 14.7. The standard InChI is InChI=1S/C13H23N7O/c1-21-9-8-20(10-4-5-10)13-16-11(18-14)15-12(17-13)19-6-2-3-7-19/h10H,2-9,14H2,1H3,(H,15,16,17,18). The molecule has 2 fully saturated rings. The number of aromatic nitrogens is 3. The Bertz CT molecular complexity index is 474. The molecule has 1 aromatic heterocycles. The van der Waals surface area contributed by atoms with Crippen LogP contribution >= 0.6 is 0 Å². The Morgan fingerprint density at radius 2 is 2.05 bits per heavy atom. The highest BCUT2D eigenvalue weighted by atomic mass is 16.5. The molecule has 1 saturated heterocycles. The maximum Gasteiger partial charge on any atom is 0.243 e. The van der Waals surface area contributed by atoms with Gasteiger partial charge in [-0.3, -0.25) is 5.43 Å². The average molecular weight is 293 g/mol. The van der Waals surface area contributed by atoms with E-state index in [-0.39, 0.29) is 0 Å². The summed E-state index contributed by atoms with van der Waals surface area (Å²) >= 11 is 0. The van der Waals surface area contributed by atoms with E-state index in [9.17, 15) is 0 Å². The Kier molecular flexibility index (Phi) is 4.35. The van der Waals surface area contributed by atoms with Crippen molar-refractivity contribution >= 4 is 17.8 Å². The summed E-state index contributed by atoms with van der Waals surface area (Å²) < 4.78 is 5.19. The molecule has 1 aromatic rings. The van der Waals surface area contributed by atoms with E-state index in [2.05, 4.69) is 30.2 Å². The molecule has 1 saturated carbocycles. The highest BCUT2D eigenvalue weighted by molar-refractivity contribution is 5.46. The zero-order valence-electron chi connectivity index (χ0n) is 12.5. The number of rotatable bonds is 7. The number of methoxy groups -OCH3 is 1. The first-order valence-corrected chi connectivity index (χ1v) is 7.55. The van der Waals surface area contributed by atoms with Gasteiger partial charge in [-0.1, -0.05) is 0 Å². The van der Waals surface area contributed by atoms with Crippen LogP contribution in [0.1, 0.15) is 25.7 Å². The van der Waals surface area contributed by atoms with Crippen LogP contribution in [0.5, 0.6) is 0 Å². The molecular weight excluding hydrogens is 270 g/mol. The van der Waals surface area contributed by atoms with Crippen LogP contribution in [-0.2, 0) is 4.74 Å². The highest BCUT2D eigenvalue weighted by Gasteiger charge is 2.31. The fourth-order valence-electron chi connectivity index (χ4n) is 2.63. The third-order valence-corrected chi connectivity index (χ3v) is 3.91. The van der Waals surface area contributed by atoms with Gasteiger partial charge in [0.25, 0.3) is 0 Å². The SMILES string of the molecule is COCCN(c1nc(NN)nc(N2CCCC2)n1)C1CC1. The summed E-state index contributed by atoms with van der Waals surface area (Å²) in [6.07, 6.45) is 4.73. The van der Waals surface area contributed by atoms with Gasteiger partial charge in [-0.2, -0.15) is 15.0 Å². The Morgan fingerprint density at radius 3 is 2.67 bits per heavy atom. The summed E-state index contributed by atoms with van der Waals surface area (Å²) in [4.78, 5) is 17.9. The second-order valence-corrected chi connectivity index (χ2v) is 5.51. The monoisotopic (exact) mass is 293 g/mol. The van der Waals surface area contributed by atoms with Gasteiger partial charge in [0.15, 0.2) is 0 Å². The molecule has 1 aliphatic heterocycles. The molecule has 3 N–H and O–H groups in total. The fraction of sp³-hybridized carbons (Fsp3) is 0.769. The number of ether oxygens (including phenoxy) is 1. The molecule has 2 aliphatic rings. The molecule has 21 heavy (non-hydrogen) atoms. The number of hydrogen-bond acceptors (Lipinski definition) is 8. The Morgan fingerprint density at radius 1 is 1.29 bits per heavy atom. The molecule has 0 atom stereocenters. The quantitative estimate of drug-likeness (QED) is 0.550. The van der Waals surface area contributed by atoms with Crippen LogP contribution in [0.25, 0.3) is 0 Å². The molecule has 0 spiro atoms. The smallest absolute Gasteiger partial charge is 0.243 e. The van der Waals surface area contributed by atoms with Crippen molar-refractivity contribution in [2.24, 2.45) is 5.84 Å². The number of nitrogens with zero attached hydrogens (tertiary/aromatic N) is 5. The molecular formula is C13H23N7O. The summed E-state index contributed by atoms with van der Waals surface area (Å²) in [5.41, 5.74) is 2.55. The summed E-state index contributed by atoms with van der Waals surface area (Å²) in [5.74, 6) is 7.35. The van der Waals surface area contributed by atoms with E-state index < -0.39 is 0 Å². The summed E-state index contributed by atoms with van der Waals surface area (Å²) in [5, 5.41) is 0. The molecule has 0 aromatic carbocycles. The van der Waals surface area contributed by atoms with Crippen LogP contribution in [0.3, 0.4) is 0 Å². The van der Waals surface area contributed by atoms with Gasteiger partial charge in [-0.05, 0) is 25.7 Å². The maximum absolute atomic E-state index is 5.51. The number of anilines is 3. The largest absolute Gasteiger partial charge is 0.383 e. The molecule has 116 valence electrons. The van der Waals surface area contributed by atoms with Crippen LogP contribution in [0.15, 0.2) is 0 Å². The van der Waals surface area contributed by atoms with E-state index in [1.165, 1.54) is 25.7 Å². The molecule has 8 nitrogen and oxygen atoms in total. The lowest BCUT2D eigenvalue weighted by atomic mass is 10.4. The number of nitrogens with two attached hydrogens (primary N) is 1. The van der Waals surface area contributed by atoms with Gasteiger partial charge < -0.3 is 14.5 Å². The van der Waals surface area contributed by atoms with Crippen LogP contribution in [0.2, 0.25) is 0 Å². The molecule has 0 amide bonds. The number of hydrazine groups is 1. The summed E-state index contributed by atoms with van der Waals surface area (Å²) in [6.45, 7) is 3.44. The number of hydrogen-bond donors (Lipinski definition) is 2. The fourth-order valence-corrected chi connectivity index (χ4v) is 2.63. The highest BCUT2D eigenvalue weighted by Crippen LogP contribution is 2.30. The number of nitrogens with one attached hydrogen (secondary N) is 1. The first-order chi connectivity index (χ1) is 10.3. The Labute approximate surface area is 124 Å². The molecule has 0 unspecified atom stereocenters. The van der Waals surface area contributed by atoms with E-state index in [0.29, 0.717) is 30.5 Å². The van der Waals surface area contributed by atoms with Gasteiger partial charge in [0.1, 0.15) is 0 Å². The second kappa shape index (κ2) is 6.40. The minimum atomic E-state index is 0.421. The molecule has 8 heteroatoms. The predicted molar refractivity (Wildman–Crippen MR) is 81.3 cm³/mol. The van der Waals surface area contributed by atoms with Gasteiger partial charge in [0.2, 0.25) is 17.8 Å². The lowest BCUT2D eigenvalue weighted by Gasteiger charge is -2.24. The zero-order valence-corrected chi connectivity index (χ0v) is 12.5. The van der Waals surface area contributed by atoms with Crippen LogP contribution in [0.4, 0.5) is 17.8 Å². The molecule has 3 rings (SSSR count). The van der Waals surface area contributed by atoms with E-state index >= 15 is 0 Å². The topological polar surface area (TPSA) is 92.4 Å². The van der Waals surface area contributed by atoms with E-state index in [1.807, 2.05) is 0 Å². The van der Waals surface area contributed by atoms with Crippen molar-refractivity contribution in [2.75, 3.05) is 48.6 Å². The average Bonchev–Trinajstić information content (AvgIpc) is 3.20. The molecule has 0 radical (unpaired) electrons. The van der Waals surface area contributed by atoms with Crippen molar-refractivity contribution in [3.8, 4) is 0 Å². The van der Waals surface area contributed by atoms with Gasteiger partial charge >= 0.3 is 0 Å². The Balaban J connectivity index is 1.86. The molecule has 0 bridgehead atoms. The number of nitrogen functional groups attached to an aromatic ring is 1. The normalized spacial score (nSPS) is 18.1. The van der Waals surface area contributed by atoms with Crippen molar-refractivity contribution in [1.29, 1.82) is 0 Å². The second-order valence-electron chi connectivity index (χ2n) is 5.51. The van der Waals surface area contributed by atoms with Crippen molar-refractivity contribution in [3.05, 3.63) is 0 Å². The van der Waals surface area contributed by atoms with Crippen molar-refractivity contribution in [2.45, 2.75) is 31.7 Å².